The summed E-state index contributed by atoms with van der Waals surface area (Å²) in [5.74, 6) is 2.62. The fourth-order valence-corrected chi connectivity index (χ4v) is 5.09. The Labute approximate surface area is 198 Å². The van der Waals surface area contributed by atoms with Gasteiger partial charge >= 0.3 is 0 Å². The predicted octanol–water partition coefficient (Wildman–Crippen LogP) is 2.97. The van der Waals surface area contributed by atoms with E-state index in [1.165, 1.54) is 5.56 Å². The molecule has 3 atom stereocenters. The third-order valence-electron chi connectivity index (χ3n) is 7.01. The van der Waals surface area contributed by atoms with Crippen LogP contribution < -0.4 is 10.5 Å². The minimum atomic E-state index is -0.0457. The minimum Gasteiger partial charge on any atom is -0.364 e. The van der Waals surface area contributed by atoms with Crippen molar-refractivity contribution in [1.29, 1.82) is 0 Å². The first-order chi connectivity index (χ1) is 16.4. The van der Waals surface area contributed by atoms with Crippen LogP contribution in [-0.4, -0.2) is 54.4 Å². The van der Waals surface area contributed by atoms with Gasteiger partial charge in [0, 0.05) is 56.7 Å². The number of anilines is 1. The molecule has 5 rings (SSSR count). The van der Waals surface area contributed by atoms with Crippen LogP contribution in [0.2, 0.25) is 0 Å². The van der Waals surface area contributed by atoms with E-state index < -0.39 is 0 Å². The van der Waals surface area contributed by atoms with Gasteiger partial charge in [0.05, 0.1) is 28.4 Å². The Morgan fingerprint density at radius 2 is 1.88 bits per heavy atom. The molecule has 0 amide bonds. The maximum atomic E-state index is 12.8. The van der Waals surface area contributed by atoms with Crippen LogP contribution in [0.25, 0.3) is 22.1 Å². The van der Waals surface area contributed by atoms with E-state index in [0.29, 0.717) is 6.54 Å². The molecule has 1 saturated heterocycles. The highest BCUT2D eigenvalue weighted by atomic mass is 16.1. The Morgan fingerprint density at radius 1 is 1.12 bits per heavy atom. The molecule has 0 radical (unpaired) electrons. The highest BCUT2D eigenvalue weighted by Gasteiger charge is 2.34. The van der Waals surface area contributed by atoms with Crippen molar-refractivity contribution in [3.63, 3.8) is 0 Å². The van der Waals surface area contributed by atoms with Gasteiger partial charge in [0.15, 0.2) is 0 Å². The summed E-state index contributed by atoms with van der Waals surface area (Å²) < 4.78 is 3.36. The maximum Gasteiger partial charge on any atom is 0.252 e. The van der Waals surface area contributed by atoms with Crippen LogP contribution in [0.3, 0.4) is 0 Å². The monoisotopic (exact) mass is 455 g/mol. The number of hydrogen-bond acceptors (Lipinski definition) is 6. The van der Waals surface area contributed by atoms with E-state index in [4.69, 9.17) is 11.5 Å². The summed E-state index contributed by atoms with van der Waals surface area (Å²) in [6.07, 6.45) is 10.8. The average molecular weight is 456 g/mol. The molecule has 3 aromatic heterocycles. The Balaban J connectivity index is 1.45. The topological polar surface area (TPSA) is 72.1 Å². The summed E-state index contributed by atoms with van der Waals surface area (Å²) in [5, 5.41) is 4.72. The van der Waals surface area contributed by atoms with Gasteiger partial charge in [0.1, 0.15) is 12.1 Å². The Kier molecular flexibility index (Phi) is 5.58. The first-order valence-corrected chi connectivity index (χ1v) is 11.6. The molecule has 8 heteroatoms. The molecular formula is C26H29N7O. The van der Waals surface area contributed by atoms with Crippen molar-refractivity contribution in [2.45, 2.75) is 45.4 Å². The van der Waals surface area contributed by atoms with Crippen molar-refractivity contribution in [2.75, 3.05) is 18.0 Å². The summed E-state index contributed by atoms with van der Waals surface area (Å²) in [4.78, 5) is 26.5. The van der Waals surface area contributed by atoms with E-state index in [1.807, 2.05) is 12.3 Å². The predicted molar refractivity (Wildman–Crippen MR) is 135 cm³/mol. The summed E-state index contributed by atoms with van der Waals surface area (Å²) in [6.45, 7) is 8.72. The van der Waals surface area contributed by atoms with Gasteiger partial charge in [-0.3, -0.25) is 24.3 Å². The lowest BCUT2D eigenvalue weighted by Crippen LogP contribution is -2.57. The summed E-state index contributed by atoms with van der Waals surface area (Å²) >= 11 is 0. The smallest absolute Gasteiger partial charge is 0.252 e. The zero-order valence-electron chi connectivity index (χ0n) is 20.0. The number of rotatable bonds is 4. The van der Waals surface area contributed by atoms with E-state index >= 15 is 0 Å². The Morgan fingerprint density at radius 3 is 2.65 bits per heavy atom. The number of aromatic nitrogens is 5. The zero-order valence-corrected chi connectivity index (χ0v) is 20.0. The van der Waals surface area contributed by atoms with Crippen LogP contribution in [0.15, 0.2) is 47.7 Å². The minimum absolute atomic E-state index is 0.0457. The molecule has 1 fully saturated rings. The van der Waals surface area contributed by atoms with Crippen molar-refractivity contribution < 1.29 is 0 Å². The lowest BCUT2D eigenvalue weighted by atomic mass is 10.00. The molecule has 1 aliphatic rings. The van der Waals surface area contributed by atoms with E-state index in [0.717, 1.165) is 40.8 Å². The van der Waals surface area contributed by atoms with Crippen LogP contribution in [0, 0.1) is 12.3 Å². The molecule has 34 heavy (non-hydrogen) atoms. The van der Waals surface area contributed by atoms with Crippen LogP contribution in [0.4, 0.5) is 5.69 Å². The van der Waals surface area contributed by atoms with Crippen molar-refractivity contribution in [3.05, 3.63) is 58.8 Å². The van der Waals surface area contributed by atoms with Gasteiger partial charge in [0.25, 0.3) is 5.56 Å². The molecule has 174 valence electrons. The largest absolute Gasteiger partial charge is 0.364 e. The number of hydrogen-bond donors (Lipinski definition) is 0. The maximum absolute atomic E-state index is 12.8. The second kappa shape index (κ2) is 8.58. The van der Waals surface area contributed by atoms with Gasteiger partial charge in [-0.1, -0.05) is 12.0 Å². The lowest BCUT2D eigenvalue weighted by molar-refractivity contribution is 0.119. The molecule has 1 aliphatic heterocycles. The summed E-state index contributed by atoms with van der Waals surface area (Å²) in [5.41, 5.74) is 5.48. The standard InChI is InChI=1S/C26H29N7O/c1-6-11-31-16-24-26(29-31)23(13-25(34)30(24)5)33-15-17(2)32(14-18(33)3)19(4)20-7-8-21-22(12-20)28-10-9-27-21/h1,7-10,12-13,16-19H,11,14-15H2,2-5H3/t17-,18+,19?/m1/s1. The lowest BCUT2D eigenvalue weighted by Gasteiger charge is -2.47. The number of nitrogens with zero attached hydrogens (tertiary/aromatic N) is 7. The zero-order chi connectivity index (χ0) is 24.0. The molecule has 0 saturated carbocycles. The van der Waals surface area contributed by atoms with E-state index in [-0.39, 0.29) is 23.7 Å². The molecular weight excluding hydrogens is 426 g/mol. The summed E-state index contributed by atoms with van der Waals surface area (Å²) in [7, 11) is 1.77. The molecule has 4 aromatic rings. The SMILES string of the molecule is C#CCn1cc2c(n1)c(N1C[C@@H](C)N(C(C)c3ccc4nccnc4c3)C[C@@H]1C)cc(=O)n2C. The second-order valence-corrected chi connectivity index (χ2v) is 9.22. The van der Waals surface area contributed by atoms with E-state index in [9.17, 15) is 4.79 Å². The van der Waals surface area contributed by atoms with E-state index in [1.54, 1.807) is 34.8 Å². The number of fused-ring (bicyclic) bond motifs is 2. The van der Waals surface area contributed by atoms with Crippen molar-refractivity contribution in [3.8, 4) is 12.3 Å². The van der Waals surface area contributed by atoms with Crippen molar-refractivity contribution in [1.82, 2.24) is 29.2 Å². The first kappa shape index (κ1) is 22.1. The molecule has 0 N–H and O–H groups in total. The van der Waals surface area contributed by atoms with Gasteiger partial charge in [-0.2, -0.15) is 5.10 Å². The molecule has 4 heterocycles. The fourth-order valence-electron chi connectivity index (χ4n) is 5.09. The van der Waals surface area contributed by atoms with Crippen LogP contribution in [-0.2, 0) is 13.6 Å². The third-order valence-corrected chi connectivity index (χ3v) is 7.01. The molecule has 1 unspecified atom stereocenters. The Hall–Kier alpha value is -3.70. The number of piperazine rings is 1. The Bertz CT molecular complexity index is 1460. The number of benzene rings is 1. The van der Waals surface area contributed by atoms with Crippen LogP contribution in [0.1, 0.15) is 32.4 Å². The molecule has 1 aromatic carbocycles. The average Bonchev–Trinajstić information content (AvgIpc) is 3.26. The highest BCUT2D eigenvalue weighted by Crippen LogP contribution is 2.32. The van der Waals surface area contributed by atoms with Gasteiger partial charge in [-0.25, -0.2) is 0 Å². The fraction of sp³-hybridized carbons (Fsp3) is 0.385. The molecule has 0 aliphatic carbocycles. The van der Waals surface area contributed by atoms with Crippen LogP contribution in [0.5, 0.6) is 0 Å². The quantitative estimate of drug-likeness (QED) is 0.441. The first-order valence-electron chi connectivity index (χ1n) is 11.6. The van der Waals surface area contributed by atoms with Crippen LogP contribution >= 0.6 is 0 Å². The molecule has 8 nitrogen and oxygen atoms in total. The van der Waals surface area contributed by atoms with E-state index in [2.05, 4.69) is 58.6 Å². The number of aryl methyl sites for hydroxylation is 1. The third kappa shape index (κ3) is 3.72. The number of terminal acetylenes is 1. The highest BCUT2D eigenvalue weighted by molar-refractivity contribution is 5.88. The van der Waals surface area contributed by atoms with Gasteiger partial charge < -0.3 is 9.47 Å². The van der Waals surface area contributed by atoms with Gasteiger partial charge in [-0.05, 0) is 38.5 Å². The second-order valence-electron chi connectivity index (χ2n) is 9.22. The van der Waals surface area contributed by atoms with Crippen molar-refractivity contribution >= 4 is 27.8 Å². The number of pyridine rings is 1. The van der Waals surface area contributed by atoms with Crippen molar-refractivity contribution in [2.24, 2.45) is 7.05 Å². The molecule has 0 spiro atoms. The normalized spacial score (nSPS) is 20.0. The van der Waals surface area contributed by atoms with Gasteiger partial charge in [-0.15, -0.1) is 6.42 Å². The van der Waals surface area contributed by atoms with Gasteiger partial charge in [0.2, 0.25) is 0 Å². The summed E-state index contributed by atoms with van der Waals surface area (Å²) in [6, 6.07) is 8.74. The molecule has 0 bridgehead atoms.